The first-order valence-electron chi connectivity index (χ1n) is 9.11. The number of nitrogens with one attached hydrogen (secondary N) is 1. The Hall–Kier alpha value is -4.13. The molecule has 0 aliphatic carbocycles. The lowest BCUT2D eigenvalue weighted by Gasteiger charge is -2.02. The van der Waals surface area contributed by atoms with Gasteiger partial charge in [0, 0.05) is 11.8 Å². The lowest BCUT2D eigenvalue weighted by atomic mass is 10.1. The smallest absolute Gasteiger partial charge is 0.267 e. The molecule has 0 radical (unpaired) electrons. The summed E-state index contributed by atoms with van der Waals surface area (Å²) in [6.45, 7) is 0. The number of carbonyl (C=O) groups is 1. The first-order chi connectivity index (χ1) is 14.6. The fourth-order valence-electron chi connectivity index (χ4n) is 2.91. The Bertz CT molecular complexity index is 1180. The molecule has 30 heavy (non-hydrogen) atoms. The fraction of sp³-hybridized carbons (Fsp3) is 0. The molecule has 0 saturated carbocycles. The average molecular weight is 402 g/mol. The third-order valence-electron chi connectivity index (χ3n) is 4.39. The van der Waals surface area contributed by atoms with Crippen LogP contribution in [0.15, 0.2) is 90.2 Å². The molecule has 1 N–H and O–H groups in total. The van der Waals surface area contributed by atoms with Crippen molar-refractivity contribution in [3.8, 4) is 16.9 Å². The summed E-state index contributed by atoms with van der Waals surface area (Å²) < 4.78 is 29.0. The molecule has 5 nitrogen and oxygen atoms in total. The highest BCUT2D eigenvalue weighted by Gasteiger charge is 2.18. The number of halogens is 2. The van der Waals surface area contributed by atoms with E-state index in [4.69, 9.17) is 0 Å². The van der Waals surface area contributed by atoms with Crippen molar-refractivity contribution >= 4 is 12.1 Å². The topological polar surface area (TPSA) is 59.3 Å². The maximum Gasteiger partial charge on any atom is 0.275 e. The Morgan fingerprint density at radius 1 is 0.900 bits per heavy atom. The van der Waals surface area contributed by atoms with E-state index in [1.165, 1.54) is 6.07 Å². The minimum absolute atomic E-state index is 0.274. The molecular weight excluding hydrogens is 386 g/mol. The molecule has 0 aliphatic heterocycles. The molecule has 3 aromatic carbocycles. The van der Waals surface area contributed by atoms with Gasteiger partial charge in [-0.1, -0.05) is 54.6 Å². The van der Waals surface area contributed by atoms with Gasteiger partial charge in [-0.2, -0.15) is 10.2 Å². The summed E-state index contributed by atoms with van der Waals surface area (Å²) in [5, 5.41) is 8.26. The Balaban J connectivity index is 1.66. The Kier molecular flexibility index (Phi) is 5.43. The van der Waals surface area contributed by atoms with Crippen LogP contribution in [0.4, 0.5) is 8.78 Å². The van der Waals surface area contributed by atoms with Crippen molar-refractivity contribution in [2.45, 2.75) is 0 Å². The van der Waals surface area contributed by atoms with Gasteiger partial charge in [-0.05, 0) is 24.3 Å². The van der Waals surface area contributed by atoms with Crippen molar-refractivity contribution in [1.29, 1.82) is 0 Å². The first kappa shape index (κ1) is 19.2. The van der Waals surface area contributed by atoms with Gasteiger partial charge in [-0.25, -0.2) is 18.9 Å². The number of carbonyl (C=O) groups excluding carboxylic acids is 1. The van der Waals surface area contributed by atoms with Gasteiger partial charge in [0.05, 0.1) is 23.0 Å². The van der Waals surface area contributed by atoms with Crippen LogP contribution in [-0.2, 0) is 0 Å². The van der Waals surface area contributed by atoms with Crippen molar-refractivity contribution in [1.82, 2.24) is 15.2 Å². The number of nitrogens with zero attached hydrogens (tertiary/aromatic N) is 3. The molecule has 4 rings (SSSR count). The number of amides is 1. The lowest BCUT2D eigenvalue weighted by molar-refractivity contribution is 0.0955. The highest BCUT2D eigenvalue weighted by atomic mass is 19.1. The molecule has 0 fully saturated rings. The van der Waals surface area contributed by atoms with Crippen molar-refractivity contribution in [2.75, 3.05) is 0 Å². The van der Waals surface area contributed by atoms with Crippen molar-refractivity contribution in [3.63, 3.8) is 0 Å². The van der Waals surface area contributed by atoms with E-state index in [1.807, 2.05) is 60.7 Å². The Labute approximate surface area is 171 Å². The van der Waals surface area contributed by atoms with Gasteiger partial charge in [-0.3, -0.25) is 4.79 Å². The summed E-state index contributed by atoms with van der Waals surface area (Å²) in [5.41, 5.74) is 4.26. The van der Waals surface area contributed by atoms with Crippen LogP contribution in [0.3, 0.4) is 0 Å². The molecule has 148 valence electrons. The van der Waals surface area contributed by atoms with Crippen molar-refractivity contribution < 1.29 is 13.6 Å². The van der Waals surface area contributed by atoms with Gasteiger partial charge in [-0.15, -0.1) is 0 Å². The van der Waals surface area contributed by atoms with E-state index in [-0.39, 0.29) is 11.1 Å². The van der Waals surface area contributed by atoms with Gasteiger partial charge < -0.3 is 0 Å². The largest absolute Gasteiger partial charge is 0.275 e. The summed E-state index contributed by atoms with van der Waals surface area (Å²) in [6.07, 6.45) is 2.53. The van der Waals surface area contributed by atoms with Gasteiger partial charge >= 0.3 is 0 Å². The van der Waals surface area contributed by atoms with Gasteiger partial charge in [0.25, 0.3) is 5.91 Å². The van der Waals surface area contributed by atoms with Crippen LogP contribution in [0.25, 0.3) is 16.9 Å². The quantitative estimate of drug-likeness (QED) is 0.392. The van der Waals surface area contributed by atoms with E-state index in [2.05, 4.69) is 15.6 Å². The molecule has 1 aromatic heterocycles. The maximum atomic E-state index is 13.7. The number of aromatic nitrogens is 2. The van der Waals surface area contributed by atoms with Gasteiger partial charge in [0.1, 0.15) is 17.3 Å². The summed E-state index contributed by atoms with van der Waals surface area (Å²) in [7, 11) is 0. The van der Waals surface area contributed by atoms with E-state index >= 15 is 0 Å². The molecule has 0 aliphatic rings. The zero-order valence-corrected chi connectivity index (χ0v) is 15.7. The average Bonchev–Trinajstić information content (AvgIpc) is 3.23. The van der Waals surface area contributed by atoms with E-state index < -0.39 is 17.5 Å². The summed E-state index contributed by atoms with van der Waals surface area (Å²) in [5.74, 6) is -2.09. The van der Waals surface area contributed by atoms with E-state index in [1.54, 1.807) is 10.9 Å². The highest BCUT2D eigenvalue weighted by Crippen LogP contribution is 2.23. The monoisotopic (exact) mass is 402 g/mol. The zero-order valence-electron chi connectivity index (χ0n) is 15.7. The number of hydrogen-bond acceptors (Lipinski definition) is 3. The second-order valence-electron chi connectivity index (χ2n) is 6.37. The SMILES string of the molecule is O=C(N/N=C\c1c(F)cccc1F)c1cn(-c2ccccc2)nc1-c1ccccc1. The minimum Gasteiger partial charge on any atom is -0.267 e. The molecule has 0 unspecified atom stereocenters. The summed E-state index contributed by atoms with van der Waals surface area (Å²) in [6, 6.07) is 22.1. The molecule has 0 atom stereocenters. The van der Waals surface area contributed by atoms with Crippen LogP contribution in [0, 0.1) is 11.6 Å². The van der Waals surface area contributed by atoms with Crippen molar-refractivity contribution in [2.24, 2.45) is 5.10 Å². The molecule has 0 spiro atoms. The number of hydrazone groups is 1. The normalized spacial score (nSPS) is 11.0. The summed E-state index contributed by atoms with van der Waals surface area (Å²) in [4.78, 5) is 12.8. The number of benzene rings is 3. The number of para-hydroxylation sites is 1. The predicted molar refractivity (Wildman–Crippen MR) is 110 cm³/mol. The predicted octanol–water partition coefficient (Wildman–Crippen LogP) is 4.58. The Morgan fingerprint density at radius 2 is 1.53 bits per heavy atom. The second kappa shape index (κ2) is 8.48. The van der Waals surface area contributed by atoms with E-state index in [0.29, 0.717) is 5.69 Å². The van der Waals surface area contributed by atoms with Crippen LogP contribution in [0.5, 0.6) is 0 Å². The standard InChI is InChI=1S/C23H16F2N4O/c24-20-12-7-13-21(25)18(20)14-26-27-23(30)19-15-29(17-10-5-2-6-11-17)28-22(19)16-8-3-1-4-9-16/h1-15H,(H,27,30)/b26-14-. The zero-order chi connectivity index (χ0) is 20.9. The molecule has 7 heteroatoms. The van der Waals surface area contributed by atoms with Crippen LogP contribution in [0.2, 0.25) is 0 Å². The highest BCUT2D eigenvalue weighted by molar-refractivity contribution is 6.00. The molecular formula is C23H16F2N4O. The van der Waals surface area contributed by atoms with Crippen LogP contribution >= 0.6 is 0 Å². The molecule has 4 aromatic rings. The van der Waals surface area contributed by atoms with Crippen molar-refractivity contribution in [3.05, 3.63) is 108 Å². The lowest BCUT2D eigenvalue weighted by Crippen LogP contribution is -2.18. The summed E-state index contributed by atoms with van der Waals surface area (Å²) >= 11 is 0. The van der Waals surface area contributed by atoms with Crippen LogP contribution in [-0.4, -0.2) is 21.9 Å². The fourth-order valence-corrected chi connectivity index (χ4v) is 2.91. The first-order valence-corrected chi connectivity index (χ1v) is 9.11. The van der Waals surface area contributed by atoms with Crippen LogP contribution in [0.1, 0.15) is 15.9 Å². The third-order valence-corrected chi connectivity index (χ3v) is 4.39. The molecule has 0 saturated heterocycles. The maximum absolute atomic E-state index is 13.7. The van der Waals surface area contributed by atoms with E-state index in [0.717, 1.165) is 29.6 Å². The number of hydrogen-bond donors (Lipinski definition) is 1. The van der Waals surface area contributed by atoms with E-state index in [9.17, 15) is 13.6 Å². The van der Waals surface area contributed by atoms with Gasteiger partial charge in [0.2, 0.25) is 0 Å². The third kappa shape index (κ3) is 4.00. The van der Waals surface area contributed by atoms with Crippen LogP contribution < -0.4 is 5.43 Å². The molecule has 1 heterocycles. The molecule has 1 amide bonds. The Morgan fingerprint density at radius 3 is 2.20 bits per heavy atom. The minimum atomic E-state index is -0.769. The van der Waals surface area contributed by atoms with Gasteiger partial charge in [0.15, 0.2) is 0 Å². The second-order valence-corrected chi connectivity index (χ2v) is 6.37. The molecule has 0 bridgehead atoms. The number of rotatable bonds is 5.